The number of aryl methyl sites for hydroxylation is 1. The molecule has 1 saturated heterocycles. The van der Waals surface area contributed by atoms with Crippen LogP contribution in [0.25, 0.3) is 5.76 Å². The monoisotopic (exact) mass is 464 g/mol. The second-order valence-corrected chi connectivity index (χ2v) is 8.57. The normalized spacial score (nSPS) is 19.3. The fourth-order valence-electron chi connectivity index (χ4n) is 4.72. The van der Waals surface area contributed by atoms with E-state index in [1.165, 1.54) is 0 Å². The van der Waals surface area contributed by atoms with Crippen molar-refractivity contribution in [3.8, 4) is 11.5 Å². The van der Waals surface area contributed by atoms with Crippen LogP contribution >= 0.6 is 0 Å². The van der Waals surface area contributed by atoms with Gasteiger partial charge in [0.25, 0.3) is 11.7 Å². The molecular weight excluding hydrogens is 432 g/mol. The van der Waals surface area contributed by atoms with Crippen molar-refractivity contribution in [1.82, 2.24) is 9.80 Å². The van der Waals surface area contributed by atoms with Crippen LogP contribution in [0.2, 0.25) is 0 Å². The van der Waals surface area contributed by atoms with Gasteiger partial charge in [0.1, 0.15) is 17.3 Å². The van der Waals surface area contributed by atoms with E-state index in [-0.39, 0.29) is 11.3 Å². The minimum absolute atomic E-state index is 0.106. The largest absolute Gasteiger partial charge is 0.507 e. The second-order valence-electron chi connectivity index (χ2n) is 8.57. The van der Waals surface area contributed by atoms with Crippen LogP contribution in [0.3, 0.4) is 0 Å². The van der Waals surface area contributed by atoms with Gasteiger partial charge in [-0.3, -0.25) is 9.59 Å². The average molecular weight is 465 g/mol. The highest BCUT2D eigenvalue weighted by atomic mass is 16.5. The number of methoxy groups -OCH3 is 1. The number of Topliss-reactive ketones (excluding diaryl/α,β-unsaturated/α-hetero) is 1. The van der Waals surface area contributed by atoms with Crippen LogP contribution in [0.5, 0.6) is 11.5 Å². The van der Waals surface area contributed by atoms with Gasteiger partial charge in [-0.2, -0.15) is 0 Å². The van der Waals surface area contributed by atoms with Gasteiger partial charge in [0.05, 0.1) is 25.3 Å². The van der Waals surface area contributed by atoms with Crippen molar-refractivity contribution >= 4 is 17.4 Å². The topological polar surface area (TPSA) is 79.3 Å². The summed E-state index contributed by atoms with van der Waals surface area (Å²) in [4.78, 5) is 30.2. The van der Waals surface area contributed by atoms with E-state index in [0.717, 1.165) is 42.8 Å². The lowest BCUT2D eigenvalue weighted by molar-refractivity contribution is -0.140. The number of ketones is 1. The molecule has 34 heavy (non-hydrogen) atoms. The number of nitrogens with zero attached hydrogens (tertiary/aromatic N) is 2. The van der Waals surface area contributed by atoms with Gasteiger partial charge in [0, 0.05) is 18.7 Å². The summed E-state index contributed by atoms with van der Waals surface area (Å²) in [6, 6.07) is 12.0. The molecular formula is C27H32N2O5. The Kier molecular flexibility index (Phi) is 7.22. The summed E-state index contributed by atoms with van der Waals surface area (Å²) in [5, 5.41) is 11.4. The number of amides is 1. The molecule has 0 radical (unpaired) electrons. The molecule has 1 unspecified atom stereocenters. The molecule has 7 heteroatoms. The number of hydrogen-bond donors (Lipinski definition) is 1. The summed E-state index contributed by atoms with van der Waals surface area (Å²) in [6.45, 7) is 7.52. The number of aliphatic hydroxyl groups is 1. The first-order valence-electron chi connectivity index (χ1n) is 11.9. The molecule has 180 valence electrons. The minimum atomic E-state index is -0.696. The van der Waals surface area contributed by atoms with Crippen LogP contribution < -0.4 is 9.47 Å². The summed E-state index contributed by atoms with van der Waals surface area (Å²) in [7, 11) is 1.58. The Bertz CT molecular complexity index is 1110. The Morgan fingerprint density at radius 1 is 1.18 bits per heavy atom. The van der Waals surface area contributed by atoms with Gasteiger partial charge in [0.15, 0.2) is 0 Å². The van der Waals surface area contributed by atoms with Gasteiger partial charge in [-0.25, -0.2) is 0 Å². The first kappa shape index (κ1) is 23.8. The highest BCUT2D eigenvalue weighted by Crippen LogP contribution is 2.40. The molecule has 2 aromatic carbocycles. The van der Waals surface area contributed by atoms with Crippen molar-refractivity contribution < 1.29 is 24.2 Å². The molecule has 0 spiro atoms. The standard InChI is InChI=1S/C27H32N2O5/c1-4-28(5-2)13-14-29-24(19-8-6-10-21(17-19)33-3)23(26(31)27(29)32)25(30)20-11-12-22-18(16-20)9-7-15-34-22/h6,8,10-12,16-17,24,30H,4-5,7,9,13-15H2,1-3H3/b25-23-. The summed E-state index contributed by atoms with van der Waals surface area (Å²) >= 11 is 0. The predicted molar refractivity (Wildman–Crippen MR) is 130 cm³/mol. The fraction of sp³-hybridized carbons (Fsp3) is 0.407. The van der Waals surface area contributed by atoms with Gasteiger partial charge in [0.2, 0.25) is 0 Å². The van der Waals surface area contributed by atoms with E-state index in [4.69, 9.17) is 9.47 Å². The van der Waals surface area contributed by atoms with Gasteiger partial charge in [-0.05, 0) is 67.4 Å². The van der Waals surface area contributed by atoms with Gasteiger partial charge >= 0.3 is 0 Å². The van der Waals surface area contributed by atoms with Crippen molar-refractivity contribution in [2.75, 3.05) is 39.9 Å². The van der Waals surface area contributed by atoms with Crippen LogP contribution in [0.4, 0.5) is 0 Å². The summed E-state index contributed by atoms with van der Waals surface area (Å²) < 4.78 is 11.1. The minimum Gasteiger partial charge on any atom is -0.507 e. The number of likely N-dealkylation sites (N-methyl/N-ethyl adjacent to an activating group) is 1. The number of fused-ring (bicyclic) bond motifs is 1. The van der Waals surface area contributed by atoms with Gasteiger partial charge in [-0.1, -0.05) is 26.0 Å². The zero-order valence-corrected chi connectivity index (χ0v) is 20.0. The molecule has 0 aromatic heterocycles. The van der Waals surface area contributed by atoms with Crippen LogP contribution in [0.1, 0.15) is 43.0 Å². The number of aliphatic hydroxyl groups excluding tert-OH is 1. The highest BCUT2D eigenvalue weighted by Gasteiger charge is 2.46. The van der Waals surface area contributed by atoms with Gasteiger partial charge in [-0.15, -0.1) is 0 Å². The third-order valence-electron chi connectivity index (χ3n) is 6.68. The van der Waals surface area contributed by atoms with E-state index in [1.54, 1.807) is 18.1 Å². The first-order valence-corrected chi connectivity index (χ1v) is 11.9. The Morgan fingerprint density at radius 3 is 2.71 bits per heavy atom. The molecule has 2 aliphatic rings. The number of benzene rings is 2. The van der Waals surface area contributed by atoms with E-state index in [0.29, 0.717) is 31.0 Å². The quantitative estimate of drug-likeness (QED) is 0.364. The number of carbonyl (C=O) groups is 2. The number of hydrogen-bond acceptors (Lipinski definition) is 6. The smallest absolute Gasteiger partial charge is 0.295 e. The number of likely N-dealkylation sites (tertiary alicyclic amines) is 1. The molecule has 0 saturated carbocycles. The van der Waals surface area contributed by atoms with Crippen LogP contribution in [0.15, 0.2) is 48.0 Å². The van der Waals surface area contributed by atoms with Crippen LogP contribution in [-0.2, 0) is 16.0 Å². The summed E-state index contributed by atoms with van der Waals surface area (Å²) in [5.74, 6) is -0.00359. The Morgan fingerprint density at radius 2 is 1.97 bits per heavy atom. The molecule has 7 nitrogen and oxygen atoms in total. The van der Waals surface area contributed by atoms with Crippen molar-refractivity contribution in [3.05, 3.63) is 64.7 Å². The first-order chi connectivity index (χ1) is 16.5. The van der Waals surface area contributed by atoms with Crippen molar-refractivity contribution in [2.24, 2.45) is 0 Å². The summed E-state index contributed by atoms with van der Waals surface area (Å²) in [6.07, 6.45) is 1.74. The molecule has 1 fully saturated rings. The fourth-order valence-corrected chi connectivity index (χ4v) is 4.72. The van der Waals surface area contributed by atoms with E-state index >= 15 is 0 Å². The van der Waals surface area contributed by atoms with E-state index in [2.05, 4.69) is 18.7 Å². The van der Waals surface area contributed by atoms with Crippen LogP contribution in [0, 0.1) is 0 Å². The van der Waals surface area contributed by atoms with Gasteiger partial charge < -0.3 is 24.4 Å². The molecule has 0 aliphatic carbocycles. The molecule has 4 rings (SSSR count). The SMILES string of the molecule is CCN(CC)CCN1C(=O)C(=O)/C(=C(\O)c2ccc3c(c2)CCCO3)C1c1cccc(OC)c1. The van der Waals surface area contributed by atoms with E-state index in [1.807, 2.05) is 36.4 Å². The average Bonchev–Trinajstić information content (AvgIpc) is 3.13. The third kappa shape index (κ3) is 4.53. The molecule has 2 aliphatic heterocycles. The van der Waals surface area contributed by atoms with Crippen molar-refractivity contribution in [3.63, 3.8) is 0 Å². The predicted octanol–water partition coefficient (Wildman–Crippen LogP) is 3.78. The Labute approximate surface area is 200 Å². The number of ether oxygens (including phenoxy) is 2. The molecule has 0 bridgehead atoms. The van der Waals surface area contributed by atoms with Crippen molar-refractivity contribution in [1.29, 1.82) is 0 Å². The summed E-state index contributed by atoms with van der Waals surface area (Å²) in [5.41, 5.74) is 2.33. The molecule has 1 N–H and O–H groups in total. The lowest BCUT2D eigenvalue weighted by atomic mass is 9.94. The van der Waals surface area contributed by atoms with E-state index < -0.39 is 17.7 Å². The zero-order chi connectivity index (χ0) is 24.2. The Balaban J connectivity index is 1.80. The lowest BCUT2D eigenvalue weighted by Gasteiger charge is -2.28. The van der Waals surface area contributed by atoms with E-state index in [9.17, 15) is 14.7 Å². The third-order valence-corrected chi connectivity index (χ3v) is 6.68. The maximum Gasteiger partial charge on any atom is 0.295 e. The molecule has 1 amide bonds. The maximum atomic E-state index is 13.3. The van der Waals surface area contributed by atoms with Crippen molar-refractivity contribution in [2.45, 2.75) is 32.7 Å². The lowest BCUT2D eigenvalue weighted by Crippen LogP contribution is -2.38. The number of carbonyl (C=O) groups excluding carboxylic acids is 2. The zero-order valence-electron chi connectivity index (χ0n) is 20.0. The maximum absolute atomic E-state index is 13.3. The number of rotatable bonds is 8. The molecule has 2 heterocycles. The Hall–Kier alpha value is -3.32. The molecule has 2 aromatic rings. The second kappa shape index (κ2) is 10.3. The highest BCUT2D eigenvalue weighted by molar-refractivity contribution is 6.46. The molecule has 1 atom stereocenters. The van der Waals surface area contributed by atoms with Crippen LogP contribution in [-0.4, -0.2) is 66.5 Å².